The van der Waals surface area contributed by atoms with Crippen LogP contribution in [0.1, 0.15) is 39.0 Å². The molecule has 14 heavy (non-hydrogen) atoms. The summed E-state index contributed by atoms with van der Waals surface area (Å²) in [7, 11) is 0. The van der Waals surface area contributed by atoms with Gasteiger partial charge in [-0.2, -0.15) is 0 Å². The molecule has 1 saturated carbocycles. The number of amides is 1. The van der Waals surface area contributed by atoms with Crippen LogP contribution in [0.15, 0.2) is 0 Å². The lowest BCUT2D eigenvalue weighted by atomic mass is 9.83. The zero-order chi connectivity index (χ0) is 10.2. The van der Waals surface area contributed by atoms with Crippen LogP contribution in [0.2, 0.25) is 0 Å². The van der Waals surface area contributed by atoms with Gasteiger partial charge in [0.2, 0.25) is 5.91 Å². The molecule has 0 aromatic heterocycles. The zero-order valence-electron chi connectivity index (χ0n) is 9.14. The SMILES string of the molecule is CCNCCCNC(=O)CC1CCC1. The first-order chi connectivity index (χ1) is 6.83. The van der Waals surface area contributed by atoms with E-state index in [9.17, 15) is 4.79 Å². The molecule has 0 bridgehead atoms. The molecule has 1 amide bonds. The summed E-state index contributed by atoms with van der Waals surface area (Å²) in [5, 5.41) is 6.20. The zero-order valence-corrected chi connectivity index (χ0v) is 9.14. The molecule has 0 aromatic rings. The molecule has 1 aliphatic rings. The predicted molar refractivity (Wildman–Crippen MR) is 58.1 cm³/mol. The van der Waals surface area contributed by atoms with Gasteiger partial charge in [0.1, 0.15) is 0 Å². The third kappa shape index (κ3) is 4.61. The van der Waals surface area contributed by atoms with Crippen molar-refractivity contribution in [2.75, 3.05) is 19.6 Å². The van der Waals surface area contributed by atoms with Crippen molar-refractivity contribution in [1.29, 1.82) is 0 Å². The molecule has 0 spiro atoms. The minimum atomic E-state index is 0.242. The van der Waals surface area contributed by atoms with Crippen molar-refractivity contribution < 1.29 is 4.79 Å². The largest absolute Gasteiger partial charge is 0.356 e. The molecule has 82 valence electrons. The van der Waals surface area contributed by atoms with Gasteiger partial charge >= 0.3 is 0 Å². The Morgan fingerprint density at radius 3 is 2.71 bits per heavy atom. The molecule has 0 aliphatic heterocycles. The fraction of sp³-hybridized carbons (Fsp3) is 0.909. The van der Waals surface area contributed by atoms with Crippen LogP contribution in [0, 0.1) is 5.92 Å². The molecule has 0 unspecified atom stereocenters. The van der Waals surface area contributed by atoms with E-state index in [0.29, 0.717) is 5.92 Å². The summed E-state index contributed by atoms with van der Waals surface area (Å²) in [6.45, 7) is 4.92. The molecule has 0 saturated heterocycles. The second kappa shape index (κ2) is 6.82. The highest BCUT2D eigenvalue weighted by molar-refractivity contribution is 5.76. The van der Waals surface area contributed by atoms with Gasteiger partial charge in [-0.3, -0.25) is 4.79 Å². The number of hydrogen-bond acceptors (Lipinski definition) is 2. The lowest BCUT2D eigenvalue weighted by Crippen LogP contribution is -2.30. The predicted octanol–water partition coefficient (Wildman–Crippen LogP) is 1.29. The van der Waals surface area contributed by atoms with Gasteiger partial charge in [0.15, 0.2) is 0 Å². The number of nitrogens with one attached hydrogen (secondary N) is 2. The highest BCUT2D eigenvalue weighted by atomic mass is 16.1. The topological polar surface area (TPSA) is 41.1 Å². The standard InChI is InChI=1S/C11H22N2O/c1-2-12-7-4-8-13-11(14)9-10-5-3-6-10/h10,12H,2-9H2,1H3,(H,13,14). The van der Waals surface area contributed by atoms with Crippen LogP contribution in [0.3, 0.4) is 0 Å². The van der Waals surface area contributed by atoms with Crippen molar-refractivity contribution in [2.24, 2.45) is 5.92 Å². The molecule has 3 nitrogen and oxygen atoms in total. The third-order valence-corrected chi connectivity index (χ3v) is 2.80. The maximum absolute atomic E-state index is 11.3. The van der Waals surface area contributed by atoms with Crippen molar-refractivity contribution >= 4 is 5.91 Å². The molecule has 3 heteroatoms. The van der Waals surface area contributed by atoms with Crippen LogP contribution >= 0.6 is 0 Å². The van der Waals surface area contributed by atoms with E-state index in [-0.39, 0.29) is 5.91 Å². The lowest BCUT2D eigenvalue weighted by Gasteiger charge is -2.24. The minimum Gasteiger partial charge on any atom is -0.356 e. The first-order valence-electron chi connectivity index (χ1n) is 5.80. The maximum atomic E-state index is 11.3. The Labute approximate surface area is 86.6 Å². The van der Waals surface area contributed by atoms with Crippen molar-refractivity contribution in [1.82, 2.24) is 10.6 Å². The van der Waals surface area contributed by atoms with Crippen molar-refractivity contribution in [2.45, 2.75) is 39.0 Å². The molecule has 1 aliphatic carbocycles. The van der Waals surface area contributed by atoms with E-state index in [4.69, 9.17) is 0 Å². The van der Waals surface area contributed by atoms with E-state index < -0.39 is 0 Å². The molecule has 0 atom stereocenters. The van der Waals surface area contributed by atoms with E-state index in [1.807, 2.05) is 0 Å². The summed E-state index contributed by atoms with van der Waals surface area (Å²) in [6.07, 6.45) is 5.61. The van der Waals surface area contributed by atoms with E-state index in [1.165, 1.54) is 19.3 Å². The molecule has 0 heterocycles. The average molecular weight is 198 g/mol. The van der Waals surface area contributed by atoms with Gasteiger partial charge in [-0.1, -0.05) is 13.3 Å². The van der Waals surface area contributed by atoms with Crippen molar-refractivity contribution in [3.8, 4) is 0 Å². The second-order valence-corrected chi connectivity index (χ2v) is 4.06. The quantitative estimate of drug-likeness (QED) is 0.605. The normalized spacial score (nSPS) is 16.4. The number of carbonyl (C=O) groups is 1. The van der Waals surface area contributed by atoms with Gasteiger partial charge in [-0.05, 0) is 38.3 Å². The Bertz CT molecular complexity index is 167. The summed E-state index contributed by atoms with van der Waals surface area (Å²) in [6, 6.07) is 0. The second-order valence-electron chi connectivity index (χ2n) is 4.06. The van der Waals surface area contributed by atoms with Gasteiger partial charge in [0, 0.05) is 13.0 Å². The summed E-state index contributed by atoms with van der Waals surface area (Å²) in [5.41, 5.74) is 0. The molecule has 0 radical (unpaired) electrons. The smallest absolute Gasteiger partial charge is 0.220 e. The molecule has 1 fully saturated rings. The third-order valence-electron chi connectivity index (χ3n) is 2.80. The molecule has 1 rings (SSSR count). The van der Waals surface area contributed by atoms with Gasteiger partial charge in [0.05, 0.1) is 0 Å². The molecule has 0 aromatic carbocycles. The van der Waals surface area contributed by atoms with E-state index in [2.05, 4.69) is 17.6 Å². The Balaban J connectivity index is 1.87. The van der Waals surface area contributed by atoms with E-state index in [1.54, 1.807) is 0 Å². The Morgan fingerprint density at radius 1 is 1.36 bits per heavy atom. The van der Waals surface area contributed by atoms with Crippen molar-refractivity contribution in [3.63, 3.8) is 0 Å². The van der Waals surface area contributed by atoms with E-state index >= 15 is 0 Å². The number of hydrogen-bond donors (Lipinski definition) is 2. The summed E-state index contributed by atoms with van der Waals surface area (Å²) in [5.74, 6) is 0.926. The number of carbonyl (C=O) groups excluding carboxylic acids is 1. The molecule has 2 N–H and O–H groups in total. The molecular formula is C11H22N2O. The molecular weight excluding hydrogens is 176 g/mol. The summed E-state index contributed by atoms with van der Waals surface area (Å²) >= 11 is 0. The first kappa shape index (κ1) is 11.5. The fourth-order valence-electron chi connectivity index (χ4n) is 1.65. The Morgan fingerprint density at radius 2 is 2.14 bits per heavy atom. The summed E-state index contributed by atoms with van der Waals surface area (Å²) in [4.78, 5) is 11.3. The van der Waals surface area contributed by atoms with Crippen LogP contribution in [0.5, 0.6) is 0 Å². The Hall–Kier alpha value is -0.570. The minimum absolute atomic E-state index is 0.242. The van der Waals surface area contributed by atoms with Gasteiger partial charge in [-0.15, -0.1) is 0 Å². The van der Waals surface area contributed by atoms with Gasteiger partial charge in [-0.25, -0.2) is 0 Å². The number of rotatable bonds is 7. The highest BCUT2D eigenvalue weighted by Crippen LogP contribution is 2.28. The van der Waals surface area contributed by atoms with Gasteiger partial charge in [0.25, 0.3) is 0 Å². The Kier molecular flexibility index (Phi) is 5.60. The van der Waals surface area contributed by atoms with E-state index in [0.717, 1.165) is 32.5 Å². The maximum Gasteiger partial charge on any atom is 0.220 e. The highest BCUT2D eigenvalue weighted by Gasteiger charge is 2.19. The van der Waals surface area contributed by atoms with Crippen LogP contribution < -0.4 is 10.6 Å². The first-order valence-corrected chi connectivity index (χ1v) is 5.80. The van der Waals surface area contributed by atoms with Crippen LogP contribution in [0.25, 0.3) is 0 Å². The van der Waals surface area contributed by atoms with Crippen LogP contribution in [-0.2, 0) is 4.79 Å². The van der Waals surface area contributed by atoms with Crippen molar-refractivity contribution in [3.05, 3.63) is 0 Å². The lowest BCUT2D eigenvalue weighted by molar-refractivity contribution is -0.122. The monoisotopic (exact) mass is 198 g/mol. The van der Waals surface area contributed by atoms with Gasteiger partial charge < -0.3 is 10.6 Å². The summed E-state index contributed by atoms with van der Waals surface area (Å²) < 4.78 is 0. The van der Waals surface area contributed by atoms with Crippen LogP contribution in [0.4, 0.5) is 0 Å². The van der Waals surface area contributed by atoms with Crippen LogP contribution in [-0.4, -0.2) is 25.5 Å². The average Bonchev–Trinajstić information content (AvgIpc) is 2.11. The fourth-order valence-corrected chi connectivity index (χ4v) is 1.65.